The molecular weight excluding hydrogens is 144 g/mol. The van der Waals surface area contributed by atoms with Crippen molar-refractivity contribution in [1.29, 1.82) is 0 Å². The molecule has 1 aromatic heterocycles. The van der Waals surface area contributed by atoms with Crippen molar-refractivity contribution in [3.63, 3.8) is 0 Å². The molecule has 56 valence electrons. The Morgan fingerprint density at radius 3 is 2.40 bits per heavy atom. The molecule has 0 fully saturated rings. The van der Waals surface area contributed by atoms with Gasteiger partial charge in [0.15, 0.2) is 0 Å². The molecule has 0 aromatic carbocycles. The summed E-state index contributed by atoms with van der Waals surface area (Å²) in [5.74, 6) is 0.558. The van der Waals surface area contributed by atoms with Gasteiger partial charge in [-0.1, -0.05) is 26.5 Å². The molecule has 10 heavy (non-hydrogen) atoms. The fourth-order valence-corrected chi connectivity index (χ4v) is 1.19. The average Bonchev–Trinajstić information content (AvgIpc) is 2.14. The van der Waals surface area contributed by atoms with Crippen molar-refractivity contribution in [2.75, 3.05) is 0 Å². The molecule has 0 amide bonds. The molecular formula is C7H13N2S+. The number of rotatable bonds is 1. The standard InChI is InChI=1S/C7H12N2S/c1-5(2)6-4-8-7(10)9(6)3/h4-5H,1-3H3,(H,8,10)/p+1. The van der Waals surface area contributed by atoms with Crippen LogP contribution in [-0.4, -0.2) is 4.98 Å². The van der Waals surface area contributed by atoms with Crippen LogP contribution in [0.25, 0.3) is 0 Å². The van der Waals surface area contributed by atoms with Crippen LogP contribution >= 0.6 is 12.6 Å². The lowest BCUT2D eigenvalue weighted by molar-refractivity contribution is -0.715. The first-order chi connectivity index (χ1) is 4.63. The maximum Gasteiger partial charge on any atom is 0.312 e. The molecule has 0 spiro atoms. The molecule has 2 nitrogen and oxygen atoms in total. The van der Waals surface area contributed by atoms with E-state index in [4.69, 9.17) is 0 Å². The van der Waals surface area contributed by atoms with Gasteiger partial charge in [-0.25, -0.2) is 9.55 Å². The van der Waals surface area contributed by atoms with Gasteiger partial charge < -0.3 is 0 Å². The Morgan fingerprint density at radius 1 is 1.60 bits per heavy atom. The molecule has 0 saturated carbocycles. The number of imidazole rings is 1. The van der Waals surface area contributed by atoms with Crippen molar-refractivity contribution in [2.45, 2.75) is 24.9 Å². The highest BCUT2D eigenvalue weighted by atomic mass is 32.1. The third-order valence-corrected chi connectivity index (χ3v) is 2.07. The highest BCUT2D eigenvalue weighted by Gasteiger charge is 2.12. The van der Waals surface area contributed by atoms with Crippen LogP contribution in [0, 0.1) is 0 Å². The summed E-state index contributed by atoms with van der Waals surface area (Å²) in [5, 5.41) is 0.906. The minimum Gasteiger partial charge on any atom is -0.238 e. The van der Waals surface area contributed by atoms with Gasteiger partial charge in [0.1, 0.15) is 11.9 Å². The molecule has 0 bridgehead atoms. The number of thiol groups is 1. The maximum atomic E-state index is 4.22. The van der Waals surface area contributed by atoms with Crippen LogP contribution < -0.4 is 4.57 Å². The second-order valence-electron chi connectivity index (χ2n) is 2.75. The van der Waals surface area contributed by atoms with Crippen LogP contribution in [0.4, 0.5) is 0 Å². The number of hydrogen-bond acceptors (Lipinski definition) is 1. The zero-order chi connectivity index (χ0) is 7.72. The predicted molar refractivity (Wildman–Crippen MR) is 43.3 cm³/mol. The van der Waals surface area contributed by atoms with Gasteiger partial charge in [0.25, 0.3) is 0 Å². The highest BCUT2D eigenvalue weighted by Crippen LogP contribution is 2.09. The van der Waals surface area contributed by atoms with Crippen LogP contribution in [0.5, 0.6) is 0 Å². The van der Waals surface area contributed by atoms with Gasteiger partial charge in [-0.2, -0.15) is 0 Å². The first-order valence-corrected chi connectivity index (χ1v) is 3.84. The zero-order valence-corrected chi connectivity index (χ0v) is 7.44. The number of aromatic nitrogens is 2. The van der Waals surface area contributed by atoms with Gasteiger partial charge in [-0.3, -0.25) is 0 Å². The number of hydrogen-bond donors (Lipinski definition) is 2. The minimum atomic E-state index is 0.558. The quantitative estimate of drug-likeness (QED) is 0.452. The number of nitrogens with one attached hydrogen (secondary N) is 1. The molecule has 3 heteroatoms. The first kappa shape index (κ1) is 7.66. The average molecular weight is 157 g/mol. The summed E-state index contributed by atoms with van der Waals surface area (Å²) in [7, 11) is 2.01. The largest absolute Gasteiger partial charge is 0.312 e. The summed E-state index contributed by atoms with van der Waals surface area (Å²) in [6, 6.07) is 0. The minimum absolute atomic E-state index is 0.558. The summed E-state index contributed by atoms with van der Waals surface area (Å²) in [4.78, 5) is 3.05. The van der Waals surface area contributed by atoms with Crippen molar-refractivity contribution in [3.8, 4) is 0 Å². The molecule has 1 aromatic rings. The lowest BCUT2D eigenvalue weighted by Gasteiger charge is -1.97. The van der Waals surface area contributed by atoms with E-state index in [0.29, 0.717) is 5.92 Å². The van der Waals surface area contributed by atoms with Crippen LogP contribution in [0.2, 0.25) is 0 Å². The van der Waals surface area contributed by atoms with Gasteiger partial charge in [0.2, 0.25) is 0 Å². The smallest absolute Gasteiger partial charge is 0.238 e. The first-order valence-electron chi connectivity index (χ1n) is 3.39. The summed E-state index contributed by atoms with van der Waals surface area (Å²) in [5.41, 5.74) is 1.28. The van der Waals surface area contributed by atoms with Crippen LogP contribution in [0.15, 0.2) is 11.4 Å². The molecule has 1 heterocycles. The third-order valence-electron chi connectivity index (χ3n) is 1.65. The van der Waals surface area contributed by atoms with E-state index < -0.39 is 0 Å². The van der Waals surface area contributed by atoms with E-state index in [1.165, 1.54) is 5.69 Å². The summed E-state index contributed by atoms with van der Waals surface area (Å²) >= 11 is 4.22. The summed E-state index contributed by atoms with van der Waals surface area (Å²) in [6.07, 6.45) is 1.99. The number of nitrogens with zero attached hydrogens (tertiary/aromatic N) is 1. The van der Waals surface area contributed by atoms with E-state index >= 15 is 0 Å². The molecule has 0 unspecified atom stereocenters. The molecule has 0 saturated heterocycles. The Bertz CT molecular complexity index is 228. The molecule has 0 aliphatic rings. The Morgan fingerprint density at radius 2 is 2.20 bits per heavy atom. The van der Waals surface area contributed by atoms with Crippen molar-refractivity contribution < 1.29 is 4.57 Å². The van der Waals surface area contributed by atoms with E-state index in [1.807, 2.05) is 17.8 Å². The van der Waals surface area contributed by atoms with Gasteiger partial charge in [0.05, 0.1) is 7.05 Å². The summed E-state index contributed by atoms with van der Waals surface area (Å²) < 4.78 is 2.05. The molecule has 1 N–H and O–H groups in total. The Kier molecular flexibility index (Phi) is 2.04. The van der Waals surface area contributed by atoms with Gasteiger partial charge in [-0.05, 0) is 0 Å². The van der Waals surface area contributed by atoms with Crippen LogP contribution in [-0.2, 0) is 7.05 Å². The van der Waals surface area contributed by atoms with Crippen LogP contribution in [0.1, 0.15) is 25.5 Å². The number of H-pyrrole nitrogens is 1. The second-order valence-corrected chi connectivity index (χ2v) is 3.17. The van der Waals surface area contributed by atoms with E-state index in [0.717, 1.165) is 5.16 Å². The number of aromatic amines is 1. The van der Waals surface area contributed by atoms with Gasteiger partial charge in [0, 0.05) is 5.92 Å². The SMILES string of the molecule is CC(C)c1c[nH]c(S)[n+]1C. The Hall–Kier alpha value is -0.440. The second kappa shape index (κ2) is 2.66. The lowest BCUT2D eigenvalue weighted by atomic mass is 10.1. The van der Waals surface area contributed by atoms with E-state index in [2.05, 4.69) is 31.5 Å². The topological polar surface area (TPSA) is 19.7 Å². The molecule has 0 atom stereocenters. The van der Waals surface area contributed by atoms with Gasteiger partial charge >= 0.3 is 5.16 Å². The molecule has 0 aliphatic heterocycles. The molecule has 0 radical (unpaired) electrons. The van der Waals surface area contributed by atoms with Crippen LogP contribution in [0.3, 0.4) is 0 Å². The van der Waals surface area contributed by atoms with E-state index in [1.54, 1.807) is 0 Å². The highest BCUT2D eigenvalue weighted by molar-refractivity contribution is 7.79. The third kappa shape index (κ3) is 1.19. The molecule has 0 aliphatic carbocycles. The summed E-state index contributed by atoms with van der Waals surface area (Å²) in [6.45, 7) is 4.33. The normalized spacial score (nSPS) is 10.9. The maximum absolute atomic E-state index is 4.22. The zero-order valence-electron chi connectivity index (χ0n) is 6.55. The Balaban J connectivity index is 3.05. The van der Waals surface area contributed by atoms with E-state index in [9.17, 15) is 0 Å². The lowest BCUT2D eigenvalue weighted by Crippen LogP contribution is -2.32. The van der Waals surface area contributed by atoms with Crippen molar-refractivity contribution in [3.05, 3.63) is 11.9 Å². The fraction of sp³-hybridized carbons (Fsp3) is 0.571. The van der Waals surface area contributed by atoms with Crippen molar-refractivity contribution in [1.82, 2.24) is 4.98 Å². The predicted octanol–water partition coefficient (Wildman–Crippen LogP) is 1.25. The fourth-order valence-electron chi connectivity index (χ4n) is 1.01. The van der Waals surface area contributed by atoms with E-state index in [-0.39, 0.29) is 0 Å². The van der Waals surface area contributed by atoms with Crippen molar-refractivity contribution in [2.24, 2.45) is 7.05 Å². The van der Waals surface area contributed by atoms with Crippen molar-refractivity contribution >= 4 is 12.6 Å². The molecule has 1 rings (SSSR count). The van der Waals surface area contributed by atoms with Gasteiger partial charge in [-0.15, -0.1) is 0 Å². The monoisotopic (exact) mass is 157 g/mol. The Labute approximate surface area is 66.7 Å².